The zero-order valence-electron chi connectivity index (χ0n) is 8.04. The summed E-state index contributed by atoms with van der Waals surface area (Å²) in [7, 11) is 0. The Morgan fingerprint density at radius 1 is 1.62 bits per heavy atom. The molecule has 0 saturated carbocycles. The first-order valence-corrected chi connectivity index (χ1v) is 5.08. The number of rotatable bonds is 4. The SMILES string of the molecule is O=c1c([N+](=O)[O-])cc(Br)cn1CC(O)CO. The van der Waals surface area contributed by atoms with Crippen molar-refractivity contribution in [2.75, 3.05) is 6.61 Å². The third-order valence-electron chi connectivity index (χ3n) is 1.85. The first-order chi connectivity index (χ1) is 7.45. The van der Waals surface area contributed by atoms with Crippen molar-refractivity contribution in [2.45, 2.75) is 12.6 Å². The summed E-state index contributed by atoms with van der Waals surface area (Å²) in [6, 6.07) is 1.09. The van der Waals surface area contributed by atoms with Crippen LogP contribution in [0.5, 0.6) is 0 Å². The second kappa shape index (κ2) is 5.19. The molecule has 1 unspecified atom stereocenters. The maximum atomic E-state index is 11.5. The molecule has 1 atom stereocenters. The molecule has 16 heavy (non-hydrogen) atoms. The summed E-state index contributed by atoms with van der Waals surface area (Å²) < 4.78 is 1.33. The van der Waals surface area contributed by atoms with Gasteiger partial charge in [-0.1, -0.05) is 0 Å². The predicted octanol–water partition coefficient (Wildman–Crippen LogP) is -0.128. The third-order valence-corrected chi connectivity index (χ3v) is 2.28. The topological polar surface area (TPSA) is 106 Å². The summed E-state index contributed by atoms with van der Waals surface area (Å²) >= 11 is 3.02. The van der Waals surface area contributed by atoms with Crippen LogP contribution in [0.1, 0.15) is 0 Å². The van der Waals surface area contributed by atoms with Crippen LogP contribution in [0.2, 0.25) is 0 Å². The normalized spacial score (nSPS) is 12.4. The lowest BCUT2D eigenvalue weighted by Crippen LogP contribution is -2.29. The lowest BCUT2D eigenvalue weighted by molar-refractivity contribution is -0.386. The molecule has 0 spiro atoms. The van der Waals surface area contributed by atoms with E-state index in [9.17, 15) is 14.9 Å². The molecule has 2 N–H and O–H groups in total. The van der Waals surface area contributed by atoms with Gasteiger partial charge in [-0.3, -0.25) is 14.9 Å². The zero-order chi connectivity index (χ0) is 12.3. The molecule has 88 valence electrons. The second-order valence-electron chi connectivity index (χ2n) is 3.09. The van der Waals surface area contributed by atoms with E-state index in [2.05, 4.69) is 15.9 Å². The van der Waals surface area contributed by atoms with E-state index in [-0.39, 0.29) is 6.54 Å². The van der Waals surface area contributed by atoms with Crippen LogP contribution in [-0.2, 0) is 6.54 Å². The molecule has 0 aromatic carbocycles. The molecule has 1 aromatic rings. The van der Waals surface area contributed by atoms with Crippen LogP contribution < -0.4 is 5.56 Å². The Balaban J connectivity index is 3.19. The number of halogens is 1. The van der Waals surface area contributed by atoms with Crippen LogP contribution in [0.4, 0.5) is 5.69 Å². The summed E-state index contributed by atoms with van der Waals surface area (Å²) in [4.78, 5) is 21.3. The average Bonchev–Trinajstić information content (AvgIpc) is 2.22. The van der Waals surface area contributed by atoms with Gasteiger partial charge < -0.3 is 14.8 Å². The van der Waals surface area contributed by atoms with E-state index in [1.807, 2.05) is 0 Å². The molecule has 0 saturated heterocycles. The fourth-order valence-corrected chi connectivity index (χ4v) is 1.60. The van der Waals surface area contributed by atoms with E-state index >= 15 is 0 Å². The van der Waals surface area contributed by atoms with Gasteiger partial charge in [0.2, 0.25) is 0 Å². The highest BCUT2D eigenvalue weighted by molar-refractivity contribution is 9.10. The summed E-state index contributed by atoms with van der Waals surface area (Å²) in [5.41, 5.74) is -1.40. The van der Waals surface area contributed by atoms with Crippen molar-refractivity contribution < 1.29 is 15.1 Å². The van der Waals surface area contributed by atoms with E-state index in [1.165, 1.54) is 6.20 Å². The maximum Gasteiger partial charge on any atom is 0.335 e. The van der Waals surface area contributed by atoms with Gasteiger partial charge in [-0.15, -0.1) is 0 Å². The Bertz CT molecular complexity index is 458. The summed E-state index contributed by atoms with van der Waals surface area (Å²) in [6.07, 6.45) is 0.181. The van der Waals surface area contributed by atoms with Gasteiger partial charge in [0.25, 0.3) is 0 Å². The number of nitro groups is 1. The van der Waals surface area contributed by atoms with E-state index in [0.29, 0.717) is 4.47 Å². The Morgan fingerprint density at radius 3 is 2.75 bits per heavy atom. The van der Waals surface area contributed by atoms with Crippen molar-refractivity contribution >= 4 is 21.6 Å². The van der Waals surface area contributed by atoms with Crippen LogP contribution in [0.15, 0.2) is 21.5 Å². The Morgan fingerprint density at radius 2 is 2.25 bits per heavy atom. The molecule has 0 fully saturated rings. The Labute approximate surface area is 98.2 Å². The van der Waals surface area contributed by atoms with Crippen molar-refractivity contribution in [3.63, 3.8) is 0 Å². The first-order valence-electron chi connectivity index (χ1n) is 4.29. The fraction of sp³-hybridized carbons (Fsp3) is 0.375. The van der Waals surface area contributed by atoms with Gasteiger partial charge in [0.1, 0.15) is 0 Å². The lowest BCUT2D eigenvalue weighted by atomic mass is 10.3. The summed E-state index contributed by atoms with van der Waals surface area (Å²) in [5, 5.41) is 28.3. The van der Waals surface area contributed by atoms with Crippen LogP contribution in [0, 0.1) is 10.1 Å². The minimum absolute atomic E-state index is 0.199. The molecule has 7 nitrogen and oxygen atoms in total. The molecule has 0 radical (unpaired) electrons. The van der Waals surface area contributed by atoms with Crippen molar-refractivity contribution in [3.05, 3.63) is 37.2 Å². The fourth-order valence-electron chi connectivity index (χ4n) is 1.14. The lowest BCUT2D eigenvalue weighted by Gasteiger charge is -2.09. The molecular formula is C8H9BrN2O5. The van der Waals surface area contributed by atoms with Crippen LogP contribution >= 0.6 is 15.9 Å². The number of nitrogens with zero attached hydrogens (tertiary/aromatic N) is 2. The number of hydrogen-bond acceptors (Lipinski definition) is 5. The smallest absolute Gasteiger partial charge is 0.335 e. The molecule has 1 rings (SSSR count). The van der Waals surface area contributed by atoms with Gasteiger partial charge >= 0.3 is 11.2 Å². The highest BCUT2D eigenvalue weighted by atomic mass is 79.9. The minimum Gasteiger partial charge on any atom is -0.394 e. The molecule has 8 heteroatoms. The standard InChI is InChI=1S/C8H9BrN2O5/c9-5-1-7(11(15)16)8(14)10(2-5)3-6(13)4-12/h1-2,6,12-13H,3-4H2. The Hall–Kier alpha value is -1.25. The number of aliphatic hydroxyl groups is 2. The van der Waals surface area contributed by atoms with E-state index < -0.39 is 28.9 Å². The average molecular weight is 293 g/mol. The zero-order valence-corrected chi connectivity index (χ0v) is 9.62. The molecule has 0 bridgehead atoms. The quantitative estimate of drug-likeness (QED) is 0.594. The third kappa shape index (κ3) is 2.87. The number of hydrogen-bond donors (Lipinski definition) is 2. The van der Waals surface area contributed by atoms with Crippen molar-refractivity contribution in [2.24, 2.45) is 0 Å². The molecule has 0 aliphatic carbocycles. The largest absolute Gasteiger partial charge is 0.394 e. The monoisotopic (exact) mass is 292 g/mol. The van der Waals surface area contributed by atoms with E-state index in [1.54, 1.807) is 0 Å². The Kier molecular flexibility index (Phi) is 4.16. The molecular weight excluding hydrogens is 284 g/mol. The summed E-state index contributed by atoms with van der Waals surface area (Å²) in [6.45, 7) is -0.720. The molecule has 1 aromatic heterocycles. The van der Waals surface area contributed by atoms with Crippen LogP contribution in [-0.4, -0.2) is 32.4 Å². The molecule has 0 aliphatic heterocycles. The van der Waals surface area contributed by atoms with Gasteiger partial charge in [-0.05, 0) is 15.9 Å². The highest BCUT2D eigenvalue weighted by Gasteiger charge is 2.17. The van der Waals surface area contributed by atoms with Gasteiger partial charge in [0.05, 0.1) is 24.2 Å². The van der Waals surface area contributed by atoms with Crippen LogP contribution in [0.3, 0.4) is 0 Å². The van der Waals surface area contributed by atoms with Crippen molar-refractivity contribution in [1.29, 1.82) is 0 Å². The molecule has 1 heterocycles. The highest BCUT2D eigenvalue weighted by Crippen LogP contribution is 2.13. The number of aromatic nitrogens is 1. The first kappa shape index (κ1) is 12.8. The molecule has 0 aliphatic rings. The number of pyridine rings is 1. The summed E-state index contributed by atoms with van der Waals surface area (Å²) in [5.74, 6) is 0. The maximum absolute atomic E-state index is 11.5. The van der Waals surface area contributed by atoms with Crippen molar-refractivity contribution in [1.82, 2.24) is 4.57 Å². The van der Waals surface area contributed by atoms with E-state index in [4.69, 9.17) is 10.2 Å². The van der Waals surface area contributed by atoms with E-state index in [0.717, 1.165) is 10.6 Å². The van der Waals surface area contributed by atoms with Crippen molar-refractivity contribution in [3.8, 4) is 0 Å². The predicted molar refractivity (Wildman–Crippen MR) is 58.1 cm³/mol. The van der Waals surface area contributed by atoms with Gasteiger partial charge in [0.15, 0.2) is 0 Å². The molecule has 0 amide bonds. The van der Waals surface area contributed by atoms with Crippen LogP contribution in [0.25, 0.3) is 0 Å². The van der Waals surface area contributed by atoms with Gasteiger partial charge in [-0.2, -0.15) is 0 Å². The second-order valence-corrected chi connectivity index (χ2v) is 4.01. The van der Waals surface area contributed by atoms with Gasteiger partial charge in [-0.25, -0.2) is 0 Å². The number of aliphatic hydroxyl groups excluding tert-OH is 2. The minimum atomic E-state index is -1.13. The van der Waals surface area contributed by atoms with Gasteiger partial charge in [0, 0.05) is 16.7 Å².